The number of fused-ring (bicyclic) bond motifs is 7. The van der Waals surface area contributed by atoms with Crippen LogP contribution in [0.25, 0.3) is 0 Å². The van der Waals surface area contributed by atoms with Crippen LogP contribution in [0.1, 0.15) is 126 Å². The molecule has 1 amide bonds. The van der Waals surface area contributed by atoms with Gasteiger partial charge in [0.15, 0.2) is 5.78 Å². The maximum Gasteiger partial charge on any atom is 0.302 e. The van der Waals surface area contributed by atoms with E-state index in [1.807, 2.05) is 0 Å². The highest BCUT2D eigenvalue weighted by atomic mass is 16.5. The first-order valence-electron chi connectivity index (χ1n) is 16.0. The Hall–Kier alpha value is -1.69. The van der Waals surface area contributed by atoms with Gasteiger partial charge in [0, 0.05) is 25.2 Å². The highest BCUT2D eigenvalue weighted by Gasteiger charge is 2.70. The summed E-state index contributed by atoms with van der Waals surface area (Å²) in [5.74, 6) is 7.19. The van der Waals surface area contributed by atoms with Gasteiger partial charge in [-0.1, -0.05) is 54.0 Å². The Morgan fingerprint density at radius 3 is 2.27 bits per heavy atom. The average Bonchev–Trinajstić information content (AvgIpc) is 3.17. The monoisotopic (exact) mass is 554 g/mol. The minimum absolute atomic E-state index is 0.0105. The number of hydrogen-bond acceptors (Lipinski definition) is 5. The number of nitrogens with two attached hydrogens (primary N) is 1. The molecular weight excluding hydrogens is 500 g/mol. The van der Waals surface area contributed by atoms with Gasteiger partial charge in [-0.2, -0.15) is 0 Å². The summed E-state index contributed by atoms with van der Waals surface area (Å²) < 4.78 is 5.90. The number of carbonyl (C=O) groups is 3. The number of ketones is 1. The Morgan fingerprint density at radius 2 is 1.65 bits per heavy atom. The molecule has 8 unspecified atom stereocenters. The Labute approximate surface area is 242 Å². The molecule has 6 nitrogen and oxygen atoms in total. The Kier molecular flexibility index (Phi) is 7.20. The SMILES string of the molecule is CC(=O)OC1CCC2(C)C(CCC3(C)C2CCC2C4=C(C(C)C)C(=O)CC4(CCC(=O)NN)CCC23C)C1(C)C. The van der Waals surface area contributed by atoms with Crippen LogP contribution in [-0.2, 0) is 19.1 Å². The summed E-state index contributed by atoms with van der Waals surface area (Å²) in [5.41, 5.74) is 5.07. The molecule has 3 N–H and O–H groups in total. The number of rotatable bonds is 5. The van der Waals surface area contributed by atoms with E-state index in [4.69, 9.17) is 10.6 Å². The fourth-order valence-corrected chi connectivity index (χ4v) is 11.9. The fraction of sp³-hybridized carbons (Fsp3) is 0.853. The summed E-state index contributed by atoms with van der Waals surface area (Å²) in [6, 6.07) is 0. The van der Waals surface area contributed by atoms with E-state index in [9.17, 15) is 14.4 Å². The van der Waals surface area contributed by atoms with Crippen molar-refractivity contribution in [3.63, 3.8) is 0 Å². The van der Waals surface area contributed by atoms with Gasteiger partial charge in [0.2, 0.25) is 5.91 Å². The lowest BCUT2D eigenvalue weighted by molar-refractivity contribution is -0.232. The molecule has 4 saturated carbocycles. The van der Waals surface area contributed by atoms with Crippen molar-refractivity contribution in [1.29, 1.82) is 0 Å². The highest BCUT2D eigenvalue weighted by Crippen LogP contribution is 2.77. The van der Waals surface area contributed by atoms with E-state index >= 15 is 0 Å². The molecular formula is C34H54N2O4. The number of amides is 1. The summed E-state index contributed by atoms with van der Waals surface area (Å²) in [6.07, 6.45) is 10.4. The Bertz CT molecular complexity index is 1120. The molecule has 0 aromatic carbocycles. The van der Waals surface area contributed by atoms with E-state index in [-0.39, 0.29) is 51.0 Å². The number of carbonyl (C=O) groups excluding carboxylic acids is 3. The first kappa shape index (κ1) is 29.8. The van der Waals surface area contributed by atoms with Gasteiger partial charge >= 0.3 is 5.97 Å². The van der Waals surface area contributed by atoms with Gasteiger partial charge in [-0.05, 0) is 109 Å². The van der Waals surface area contributed by atoms with Crippen LogP contribution in [0.4, 0.5) is 0 Å². The summed E-state index contributed by atoms with van der Waals surface area (Å²) in [7, 11) is 0. The normalized spacial score (nSPS) is 43.9. The minimum Gasteiger partial charge on any atom is -0.462 e. The topological polar surface area (TPSA) is 98.5 Å². The molecule has 0 aliphatic heterocycles. The maximum atomic E-state index is 13.6. The molecule has 5 aliphatic carbocycles. The third-order valence-electron chi connectivity index (χ3n) is 13.8. The average molecular weight is 555 g/mol. The van der Waals surface area contributed by atoms with E-state index in [1.165, 1.54) is 18.4 Å². The van der Waals surface area contributed by atoms with E-state index in [1.54, 1.807) is 6.92 Å². The summed E-state index contributed by atoms with van der Waals surface area (Å²) in [6.45, 7) is 18.3. The predicted molar refractivity (Wildman–Crippen MR) is 157 cm³/mol. The number of hydrazine groups is 1. The van der Waals surface area contributed by atoms with E-state index in [2.05, 4.69) is 53.9 Å². The lowest BCUT2D eigenvalue weighted by atomic mass is 9.33. The first-order valence-corrected chi connectivity index (χ1v) is 16.0. The van der Waals surface area contributed by atoms with Crippen LogP contribution in [0, 0.1) is 50.7 Å². The van der Waals surface area contributed by atoms with Crippen LogP contribution in [0.3, 0.4) is 0 Å². The molecule has 0 aromatic heterocycles. The Morgan fingerprint density at radius 1 is 0.950 bits per heavy atom. The number of Topliss-reactive ketones (excluding diaryl/α,β-unsaturated/α-hetero) is 1. The van der Waals surface area contributed by atoms with Gasteiger partial charge in [0.1, 0.15) is 6.10 Å². The maximum absolute atomic E-state index is 13.6. The summed E-state index contributed by atoms with van der Waals surface area (Å²) in [5, 5.41) is 0. The van der Waals surface area contributed by atoms with Gasteiger partial charge in [-0.25, -0.2) is 5.84 Å². The molecule has 224 valence electrons. The van der Waals surface area contributed by atoms with Crippen LogP contribution in [-0.4, -0.2) is 23.8 Å². The highest BCUT2D eigenvalue weighted by molar-refractivity contribution is 6.00. The van der Waals surface area contributed by atoms with Crippen molar-refractivity contribution in [3.8, 4) is 0 Å². The molecule has 5 rings (SSSR count). The fourth-order valence-electron chi connectivity index (χ4n) is 11.9. The molecule has 4 fully saturated rings. The lowest BCUT2D eigenvalue weighted by Crippen LogP contribution is -2.65. The number of esters is 1. The van der Waals surface area contributed by atoms with Gasteiger partial charge in [-0.3, -0.25) is 19.8 Å². The second-order valence-corrected chi connectivity index (χ2v) is 16.0. The van der Waals surface area contributed by atoms with E-state index in [0.717, 1.165) is 44.1 Å². The summed E-state index contributed by atoms with van der Waals surface area (Å²) in [4.78, 5) is 37.9. The van der Waals surface area contributed by atoms with Crippen molar-refractivity contribution in [3.05, 3.63) is 11.1 Å². The summed E-state index contributed by atoms with van der Waals surface area (Å²) >= 11 is 0. The van der Waals surface area contributed by atoms with Crippen molar-refractivity contribution in [2.75, 3.05) is 0 Å². The standard InChI is InChI=1S/C34H54N2O4/c1-20(2)28-23(38)19-34(16-13-27(39)36-35)18-17-32(7)22(29(28)34)9-10-25-31(6)14-12-26(40-21(3)37)30(4,5)24(31)11-15-33(25,32)8/h20,22,24-26H,9-19,35H2,1-8H3,(H,36,39). The quantitative estimate of drug-likeness (QED) is 0.171. The van der Waals surface area contributed by atoms with Crippen LogP contribution >= 0.6 is 0 Å². The molecule has 6 heteroatoms. The second kappa shape index (κ2) is 9.67. The first-order chi connectivity index (χ1) is 18.6. The van der Waals surface area contributed by atoms with Gasteiger partial charge in [0.25, 0.3) is 0 Å². The molecule has 0 aromatic rings. The molecule has 0 bridgehead atoms. The molecule has 40 heavy (non-hydrogen) atoms. The van der Waals surface area contributed by atoms with Crippen molar-refractivity contribution in [1.82, 2.24) is 5.43 Å². The predicted octanol–water partition coefficient (Wildman–Crippen LogP) is 6.67. The Balaban J connectivity index is 1.53. The zero-order valence-corrected chi connectivity index (χ0v) is 26.4. The zero-order chi connectivity index (χ0) is 29.5. The van der Waals surface area contributed by atoms with Crippen molar-refractivity contribution < 1.29 is 19.1 Å². The molecule has 8 atom stereocenters. The van der Waals surface area contributed by atoms with E-state index in [0.29, 0.717) is 42.8 Å². The van der Waals surface area contributed by atoms with Gasteiger partial charge in [0.05, 0.1) is 0 Å². The molecule has 0 radical (unpaired) electrons. The van der Waals surface area contributed by atoms with Crippen LogP contribution in [0.5, 0.6) is 0 Å². The smallest absolute Gasteiger partial charge is 0.302 e. The molecule has 0 heterocycles. The number of ether oxygens (including phenoxy) is 1. The minimum atomic E-state index is -0.193. The van der Waals surface area contributed by atoms with E-state index < -0.39 is 0 Å². The number of allylic oxidation sites excluding steroid dienone is 2. The van der Waals surface area contributed by atoms with Crippen LogP contribution in [0.15, 0.2) is 11.1 Å². The molecule has 0 spiro atoms. The van der Waals surface area contributed by atoms with Crippen molar-refractivity contribution >= 4 is 17.7 Å². The van der Waals surface area contributed by atoms with Gasteiger partial charge < -0.3 is 4.74 Å². The van der Waals surface area contributed by atoms with Crippen LogP contribution < -0.4 is 11.3 Å². The molecule has 0 saturated heterocycles. The van der Waals surface area contributed by atoms with Crippen LogP contribution in [0.2, 0.25) is 0 Å². The second-order valence-electron chi connectivity index (χ2n) is 16.0. The molecule has 5 aliphatic rings. The third kappa shape index (κ3) is 4.01. The largest absolute Gasteiger partial charge is 0.462 e. The lowest BCUT2D eigenvalue weighted by Gasteiger charge is -2.72. The van der Waals surface area contributed by atoms with Crippen molar-refractivity contribution in [2.24, 2.45) is 56.6 Å². The van der Waals surface area contributed by atoms with Crippen molar-refractivity contribution in [2.45, 2.75) is 132 Å². The zero-order valence-electron chi connectivity index (χ0n) is 26.4. The third-order valence-corrected chi connectivity index (χ3v) is 13.8. The number of hydrogen-bond donors (Lipinski definition) is 2. The number of nitrogens with one attached hydrogen (secondary N) is 1. The van der Waals surface area contributed by atoms with Gasteiger partial charge in [-0.15, -0.1) is 0 Å².